The highest BCUT2D eigenvalue weighted by Gasteiger charge is 2.16. The lowest BCUT2D eigenvalue weighted by molar-refractivity contribution is 0.171. The minimum absolute atomic E-state index is 0.659. The molecule has 0 aromatic heterocycles. The van der Waals surface area contributed by atoms with E-state index in [2.05, 4.69) is 17.4 Å². The average molecular weight is 265 g/mol. The monoisotopic (exact) mass is 265 g/mol. The lowest BCUT2D eigenvalue weighted by Crippen LogP contribution is -2.22. The molecule has 0 saturated carbocycles. The molecule has 3 rings (SSSR count). The SMILES string of the molecule is c1cc2c(cc1SC1CCCCNC1)OCCO2. The van der Waals surface area contributed by atoms with Crippen LogP contribution in [0.15, 0.2) is 23.1 Å². The molecule has 0 radical (unpaired) electrons. The Bertz CT molecular complexity index is 403. The minimum Gasteiger partial charge on any atom is -0.486 e. The largest absolute Gasteiger partial charge is 0.486 e. The summed E-state index contributed by atoms with van der Waals surface area (Å²) < 4.78 is 11.2. The number of hydrogen-bond acceptors (Lipinski definition) is 4. The third-order valence-electron chi connectivity index (χ3n) is 3.32. The van der Waals surface area contributed by atoms with Gasteiger partial charge in [0.1, 0.15) is 13.2 Å². The van der Waals surface area contributed by atoms with E-state index in [9.17, 15) is 0 Å². The zero-order chi connectivity index (χ0) is 12.2. The maximum absolute atomic E-state index is 5.62. The summed E-state index contributed by atoms with van der Waals surface area (Å²) >= 11 is 1.95. The molecule has 2 heterocycles. The van der Waals surface area contributed by atoms with Gasteiger partial charge < -0.3 is 14.8 Å². The summed E-state index contributed by atoms with van der Waals surface area (Å²) in [6.07, 6.45) is 3.93. The first-order chi connectivity index (χ1) is 8.92. The van der Waals surface area contributed by atoms with Gasteiger partial charge in [-0.15, -0.1) is 11.8 Å². The molecule has 0 spiro atoms. The molecule has 0 amide bonds. The Morgan fingerprint density at radius 2 is 2.00 bits per heavy atom. The fraction of sp³-hybridized carbons (Fsp3) is 0.571. The first-order valence-corrected chi connectivity index (χ1v) is 7.57. The molecule has 1 saturated heterocycles. The van der Waals surface area contributed by atoms with E-state index in [-0.39, 0.29) is 0 Å². The van der Waals surface area contributed by atoms with Crippen LogP contribution >= 0.6 is 11.8 Å². The molecule has 18 heavy (non-hydrogen) atoms. The number of rotatable bonds is 2. The molecule has 0 bridgehead atoms. The number of benzene rings is 1. The summed E-state index contributed by atoms with van der Waals surface area (Å²) in [7, 11) is 0. The Morgan fingerprint density at radius 3 is 2.94 bits per heavy atom. The second-order valence-electron chi connectivity index (χ2n) is 4.75. The van der Waals surface area contributed by atoms with Crippen LogP contribution in [-0.2, 0) is 0 Å². The van der Waals surface area contributed by atoms with Crippen molar-refractivity contribution in [3.63, 3.8) is 0 Å². The van der Waals surface area contributed by atoms with E-state index in [1.54, 1.807) is 0 Å². The average Bonchev–Trinajstić information content (AvgIpc) is 2.67. The molecule has 1 atom stereocenters. The van der Waals surface area contributed by atoms with Crippen LogP contribution in [0.3, 0.4) is 0 Å². The van der Waals surface area contributed by atoms with Gasteiger partial charge in [-0.25, -0.2) is 0 Å². The van der Waals surface area contributed by atoms with Crippen LogP contribution in [0.2, 0.25) is 0 Å². The van der Waals surface area contributed by atoms with E-state index < -0.39 is 0 Å². The van der Waals surface area contributed by atoms with Crippen molar-refractivity contribution < 1.29 is 9.47 Å². The Balaban J connectivity index is 1.68. The summed E-state index contributed by atoms with van der Waals surface area (Å²) in [4.78, 5) is 1.29. The van der Waals surface area contributed by atoms with Crippen molar-refractivity contribution >= 4 is 11.8 Å². The van der Waals surface area contributed by atoms with E-state index in [0.717, 1.165) is 24.6 Å². The van der Waals surface area contributed by atoms with Gasteiger partial charge in [0.2, 0.25) is 0 Å². The molecule has 0 aliphatic carbocycles. The first-order valence-electron chi connectivity index (χ1n) is 6.69. The number of nitrogens with one attached hydrogen (secondary N) is 1. The van der Waals surface area contributed by atoms with Gasteiger partial charge in [-0.05, 0) is 37.6 Å². The van der Waals surface area contributed by atoms with Gasteiger partial charge in [0.25, 0.3) is 0 Å². The summed E-state index contributed by atoms with van der Waals surface area (Å²) in [6, 6.07) is 6.29. The van der Waals surface area contributed by atoms with Crippen LogP contribution < -0.4 is 14.8 Å². The van der Waals surface area contributed by atoms with Crippen LogP contribution in [0.4, 0.5) is 0 Å². The van der Waals surface area contributed by atoms with E-state index in [0.29, 0.717) is 18.5 Å². The topological polar surface area (TPSA) is 30.5 Å². The van der Waals surface area contributed by atoms with Gasteiger partial charge in [0.15, 0.2) is 11.5 Å². The molecule has 1 aromatic carbocycles. The van der Waals surface area contributed by atoms with Crippen molar-refractivity contribution in [2.45, 2.75) is 29.4 Å². The zero-order valence-electron chi connectivity index (χ0n) is 10.5. The number of thioether (sulfide) groups is 1. The number of hydrogen-bond donors (Lipinski definition) is 1. The molecule has 1 aromatic rings. The van der Waals surface area contributed by atoms with Crippen LogP contribution in [0.5, 0.6) is 11.5 Å². The quantitative estimate of drug-likeness (QED) is 0.890. The molecule has 2 aliphatic heterocycles. The van der Waals surface area contributed by atoms with Crippen molar-refractivity contribution in [1.82, 2.24) is 5.32 Å². The zero-order valence-corrected chi connectivity index (χ0v) is 11.3. The highest BCUT2D eigenvalue weighted by Crippen LogP contribution is 2.36. The summed E-state index contributed by atoms with van der Waals surface area (Å²) in [5, 5.41) is 4.18. The number of ether oxygens (including phenoxy) is 2. The Kier molecular flexibility index (Phi) is 3.96. The van der Waals surface area contributed by atoms with Crippen molar-refractivity contribution in [2.24, 2.45) is 0 Å². The lowest BCUT2D eigenvalue weighted by atomic mass is 10.2. The molecule has 3 nitrogen and oxygen atoms in total. The van der Waals surface area contributed by atoms with Gasteiger partial charge in [0, 0.05) is 16.7 Å². The van der Waals surface area contributed by atoms with Crippen LogP contribution in [0.25, 0.3) is 0 Å². The van der Waals surface area contributed by atoms with Gasteiger partial charge in [0.05, 0.1) is 0 Å². The van der Waals surface area contributed by atoms with Crippen molar-refractivity contribution in [1.29, 1.82) is 0 Å². The smallest absolute Gasteiger partial charge is 0.162 e. The van der Waals surface area contributed by atoms with Gasteiger partial charge >= 0.3 is 0 Å². The van der Waals surface area contributed by atoms with E-state index in [1.165, 1.54) is 24.2 Å². The third-order valence-corrected chi connectivity index (χ3v) is 4.58. The molecule has 1 fully saturated rings. The second-order valence-corrected chi connectivity index (χ2v) is 6.12. The van der Waals surface area contributed by atoms with Crippen LogP contribution in [0.1, 0.15) is 19.3 Å². The second kappa shape index (κ2) is 5.85. The highest BCUT2D eigenvalue weighted by atomic mass is 32.2. The van der Waals surface area contributed by atoms with Gasteiger partial charge in [-0.1, -0.05) is 6.42 Å². The minimum atomic E-state index is 0.659. The molecular formula is C14H19NO2S. The lowest BCUT2D eigenvalue weighted by Gasteiger charge is -2.20. The molecule has 1 N–H and O–H groups in total. The fourth-order valence-electron chi connectivity index (χ4n) is 2.38. The van der Waals surface area contributed by atoms with Gasteiger partial charge in [-0.2, -0.15) is 0 Å². The van der Waals surface area contributed by atoms with Gasteiger partial charge in [-0.3, -0.25) is 0 Å². The van der Waals surface area contributed by atoms with Crippen molar-refractivity contribution in [2.75, 3.05) is 26.3 Å². The predicted molar refractivity (Wildman–Crippen MR) is 73.8 cm³/mol. The Morgan fingerprint density at radius 1 is 1.11 bits per heavy atom. The first kappa shape index (κ1) is 12.2. The van der Waals surface area contributed by atoms with Crippen LogP contribution in [-0.4, -0.2) is 31.6 Å². The normalized spacial score (nSPS) is 23.4. The highest BCUT2D eigenvalue weighted by molar-refractivity contribution is 8.00. The van der Waals surface area contributed by atoms with E-state index >= 15 is 0 Å². The maximum atomic E-state index is 5.62. The molecular weight excluding hydrogens is 246 g/mol. The van der Waals surface area contributed by atoms with Crippen molar-refractivity contribution in [3.05, 3.63) is 18.2 Å². The van der Waals surface area contributed by atoms with E-state index in [1.807, 2.05) is 17.8 Å². The molecule has 98 valence electrons. The van der Waals surface area contributed by atoms with Crippen LogP contribution in [0, 0.1) is 0 Å². The fourth-order valence-corrected chi connectivity index (χ4v) is 3.57. The summed E-state index contributed by atoms with van der Waals surface area (Å²) in [6.45, 7) is 3.59. The number of fused-ring (bicyclic) bond motifs is 1. The third kappa shape index (κ3) is 2.93. The summed E-state index contributed by atoms with van der Waals surface area (Å²) in [5.74, 6) is 1.78. The standard InChI is InChI=1S/C14H19NO2S/c1-2-6-15-10-12(3-1)18-11-4-5-13-14(9-11)17-8-7-16-13/h4-5,9,12,15H,1-3,6-8,10H2. The summed E-state index contributed by atoms with van der Waals surface area (Å²) in [5.41, 5.74) is 0. The maximum Gasteiger partial charge on any atom is 0.162 e. The molecule has 2 aliphatic rings. The predicted octanol–water partition coefficient (Wildman–Crippen LogP) is 2.69. The molecule has 1 unspecified atom stereocenters. The molecule has 4 heteroatoms. The Labute approximate surface area is 112 Å². The Hall–Kier alpha value is -0.870. The van der Waals surface area contributed by atoms with E-state index in [4.69, 9.17) is 9.47 Å². The van der Waals surface area contributed by atoms with Crippen molar-refractivity contribution in [3.8, 4) is 11.5 Å².